The van der Waals surface area contributed by atoms with Gasteiger partial charge in [0.1, 0.15) is 0 Å². The van der Waals surface area contributed by atoms with Crippen LogP contribution in [0.25, 0.3) is 0 Å². The summed E-state index contributed by atoms with van der Waals surface area (Å²) >= 11 is 13.5. The van der Waals surface area contributed by atoms with Crippen molar-refractivity contribution in [3.8, 4) is 0 Å². The van der Waals surface area contributed by atoms with Crippen molar-refractivity contribution in [1.82, 2.24) is 5.32 Å². The van der Waals surface area contributed by atoms with E-state index in [9.17, 15) is 0 Å². The highest BCUT2D eigenvalue weighted by Crippen LogP contribution is 2.29. The molecule has 1 rings (SSSR count). The van der Waals surface area contributed by atoms with Crippen molar-refractivity contribution in [2.45, 2.75) is 18.2 Å². The molecule has 0 fully saturated rings. The first-order chi connectivity index (χ1) is 6.74. The van der Waals surface area contributed by atoms with Crippen LogP contribution in [0, 0.1) is 0 Å². The number of rotatable bonds is 5. The summed E-state index contributed by atoms with van der Waals surface area (Å²) in [7, 11) is 0. The molecule has 0 atom stereocenters. The van der Waals surface area contributed by atoms with Crippen LogP contribution in [-0.2, 0) is 0 Å². The van der Waals surface area contributed by atoms with Gasteiger partial charge in [-0.05, 0) is 31.2 Å². The van der Waals surface area contributed by atoms with Crippen molar-refractivity contribution in [3.05, 3.63) is 28.2 Å². The van der Waals surface area contributed by atoms with Crippen molar-refractivity contribution < 1.29 is 0 Å². The molecular weight excluding hydrogens is 237 g/mol. The molecule has 0 aliphatic rings. The van der Waals surface area contributed by atoms with Crippen LogP contribution in [0.2, 0.25) is 10.0 Å². The summed E-state index contributed by atoms with van der Waals surface area (Å²) in [6.45, 7) is 3.18. The van der Waals surface area contributed by atoms with Gasteiger partial charge >= 0.3 is 0 Å². The highest BCUT2D eigenvalue weighted by molar-refractivity contribution is 7.99. The third-order valence-corrected chi connectivity index (χ3v) is 3.32. The zero-order valence-electron chi connectivity index (χ0n) is 8.02. The van der Waals surface area contributed by atoms with Gasteiger partial charge in [-0.2, -0.15) is 0 Å². The van der Waals surface area contributed by atoms with Gasteiger partial charge in [0, 0.05) is 15.8 Å². The minimum atomic E-state index is 0.729. The number of hydrogen-bond acceptors (Lipinski definition) is 2. The molecule has 0 heterocycles. The van der Waals surface area contributed by atoms with Crippen LogP contribution < -0.4 is 5.32 Å². The molecule has 0 spiro atoms. The van der Waals surface area contributed by atoms with E-state index in [2.05, 4.69) is 12.2 Å². The number of nitrogens with one attached hydrogen (secondary N) is 1. The maximum atomic E-state index is 6.00. The molecule has 4 heteroatoms. The predicted octanol–water partition coefficient (Wildman–Crippen LogP) is 4.04. The molecule has 0 aliphatic heterocycles. The summed E-state index contributed by atoms with van der Waals surface area (Å²) in [6.07, 6.45) is 1.14. The molecule has 0 saturated heterocycles. The Kier molecular flexibility index (Phi) is 5.71. The molecular formula is C10H13Cl2NS. The highest BCUT2D eigenvalue weighted by atomic mass is 35.5. The van der Waals surface area contributed by atoms with Crippen molar-refractivity contribution in [3.63, 3.8) is 0 Å². The van der Waals surface area contributed by atoms with E-state index in [1.807, 2.05) is 12.1 Å². The molecule has 0 aliphatic carbocycles. The minimum Gasteiger partial charge on any atom is -0.308 e. The number of benzene rings is 1. The Morgan fingerprint density at radius 3 is 2.86 bits per heavy atom. The van der Waals surface area contributed by atoms with Gasteiger partial charge in [-0.25, -0.2) is 0 Å². The molecule has 1 nitrogen and oxygen atoms in total. The van der Waals surface area contributed by atoms with Crippen molar-refractivity contribution in [2.75, 3.05) is 12.4 Å². The Morgan fingerprint density at radius 1 is 1.36 bits per heavy atom. The molecule has 0 radical (unpaired) electrons. The Labute approximate surface area is 99.2 Å². The van der Waals surface area contributed by atoms with Crippen LogP contribution in [0.4, 0.5) is 0 Å². The van der Waals surface area contributed by atoms with Gasteiger partial charge < -0.3 is 5.32 Å². The summed E-state index contributed by atoms with van der Waals surface area (Å²) in [6, 6.07) is 5.52. The molecule has 78 valence electrons. The van der Waals surface area contributed by atoms with Crippen molar-refractivity contribution in [1.29, 1.82) is 0 Å². The lowest BCUT2D eigenvalue weighted by molar-refractivity contribution is 0.756. The number of hydrogen-bond donors (Lipinski definition) is 1. The van der Waals surface area contributed by atoms with E-state index in [0.717, 1.165) is 33.8 Å². The average molecular weight is 250 g/mol. The smallest absolute Gasteiger partial charge is 0.0543 e. The standard InChI is InChI=1S/C10H13Cl2NS/c1-2-5-13-7-14-10-6-8(11)3-4-9(10)12/h3-4,6,13H,2,5,7H2,1H3. The summed E-state index contributed by atoms with van der Waals surface area (Å²) in [4.78, 5) is 1.03. The van der Waals surface area contributed by atoms with E-state index in [4.69, 9.17) is 23.2 Å². The molecule has 14 heavy (non-hydrogen) atoms. The zero-order chi connectivity index (χ0) is 10.4. The third-order valence-electron chi connectivity index (χ3n) is 1.65. The van der Waals surface area contributed by atoms with Crippen LogP contribution in [0.5, 0.6) is 0 Å². The molecule has 0 saturated carbocycles. The largest absolute Gasteiger partial charge is 0.308 e. The van der Waals surface area contributed by atoms with Gasteiger partial charge in [0.25, 0.3) is 0 Å². The second-order valence-electron chi connectivity index (χ2n) is 2.86. The van der Waals surface area contributed by atoms with Gasteiger partial charge in [-0.15, -0.1) is 11.8 Å². The number of thioether (sulfide) groups is 1. The van der Waals surface area contributed by atoms with Crippen LogP contribution in [0.1, 0.15) is 13.3 Å². The summed E-state index contributed by atoms with van der Waals surface area (Å²) in [5.41, 5.74) is 0. The van der Waals surface area contributed by atoms with E-state index >= 15 is 0 Å². The van der Waals surface area contributed by atoms with Gasteiger partial charge in [0.15, 0.2) is 0 Å². The maximum Gasteiger partial charge on any atom is 0.0543 e. The van der Waals surface area contributed by atoms with Gasteiger partial charge in [-0.1, -0.05) is 30.1 Å². The summed E-state index contributed by atoms with van der Waals surface area (Å²) in [5.74, 6) is 0.869. The quantitative estimate of drug-likeness (QED) is 0.480. The highest BCUT2D eigenvalue weighted by Gasteiger charge is 2.00. The summed E-state index contributed by atoms with van der Waals surface area (Å²) < 4.78 is 0. The molecule has 0 aromatic heterocycles. The second-order valence-corrected chi connectivity index (χ2v) is 4.72. The fraction of sp³-hybridized carbons (Fsp3) is 0.400. The first kappa shape index (κ1) is 12.2. The fourth-order valence-electron chi connectivity index (χ4n) is 0.966. The van der Waals surface area contributed by atoms with Gasteiger partial charge in [-0.3, -0.25) is 0 Å². The van der Waals surface area contributed by atoms with Gasteiger partial charge in [0.2, 0.25) is 0 Å². The lowest BCUT2D eigenvalue weighted by Gasteiger charge is -2.05. The normalized spacial score (nSPS) is 10.5. The van der Waals surface area contributed by atoms with E-state index in [-0.39, 0.29) is 0 Å². The van der Waals surface area contributed by atoms with Crippen LogP contribution in [0.15, 0.2) is 23.1 Å². The van der Waals surface area contributed by atoms with Gasteiger partial charge in [0.05, 0.1) is 5.02 Å². The van der Waals surface area contributed by atoms with E-state index in [1.54, 1.807) is 17.8 Å². The second kappa shape index (κ2) is 6.57. The van der Waals surface area contributed by atoms with E-state index in [1.165, 1.54) is 0 Å². The van der Waals surface area contributed by atoms with Crippen molar-refractivity contribution >= 4 is 35.0 Å². The SMILES string of the molecule is CCCNCSc1cc(Cl)ccc1Cl. The first-order valence-corrected chi connectivity index (χ1v) is 6.26. The molecule has 1 aromatic rings. The Balaban J connectivity index is 2.45. The Bertz CT molecular complexity index is 291. The van der Waals surface area contributed by atoms with Crippen molar-refractivity contribution in [2.24, 2.45) is 0 Å². The predicted molar refractivity (Wildman–Crippen MR) is 65.5 cm³/mol. The maximum absolute atomic E-state index is 6.00. The molecule has 0 unspecified atom stereocenters. The molecule has 1 N–H and O–H groups in total. The van der Waals surface area contributed by atoms with E-state index < -0.39 is 0 Å². The number of halogens is 2. The molecule has 0 amide bonds. The first-order valence-electron chi connectivity index (χ1n) is 4.52. The van der Waals surface area contributed by atoms with Crippen LogP contribution in [0.3, 0.4) is 0 Å². The zero-order valence-corrected chi connectivity index (χ0v) is 10.3. The van der Waals surface area contributed by atoms with Crippen LogP contribution >= 0.6 is 35.0 Å². The average Bonchev–Trinajstić information content (AvgIpc) is 2.18. The monoisotopic (exact) mass is 249 g/mol. The fourth-order valence-corrected chi connectivity index (χ4v) is 2.30. The topological polar surface area (TPSA) is 12.0 Å². The molecule has 1 aromatic carbocycles. The lowest BCUT2D eigenvalue weighted by atomic mass is 10.4. The Hall–Kier alpha value is 0.110. The summed E-state index contributed by atoms with van der Waals surface area (Å²) in [5, 5.41) is 4.78. The van der Waals surface area contributed by atoms with Crippen LogP contribution in [-0.4, -0.2) is 12.4 Å². The minimum absolute atomic E-state index is 0.729. The third kappa shape index (κ3) is 4.09. The Morgan fingerprint density at radius 2 is 2.14 bits per heavy atom. The lowest BCUT2D eigenvalue weighted by Crippen LogP contribution is -2.12. The van der Waals surface area contributed by atoms with E-state index in [0.29, 0.717) is 0 Å². The molecule has 0 bridgehead atoms.